The van der Waals surface area contributed by atoms with Gasteiger partial charge in [0.25, 0.3) is 0 Å². The first-order valence-electron chi connectivity index (χ1n) is 8.93. The van der Waals surface area contributed by atoms with E-state index < -0.39 is 5.54 Å². The summed E-state index contributed by atoms with van der Waals surface area (Å²) in [6.07, 6.45) is 4.82. The molecule has 1 amide bonds. The molecule has 0 radical (unpaired) electrons. The van der Waals surface area contributed by atoms with Crippen LogP contribution in [0.15, 0.2) is 41.0 Å². The average Bonchev–Trinajstić information content (AvgIpc) is 3.35. The van der Waals surface area contributed by atoms with Crippen LogP contribution in [0.5, 0.6) is 0 Å². The van der Waals surface area contributed by atoms with Crippen LogP contribution in [0.3, 0.4) is 0 Å². The van der Waals surface area contributed by atoms with Crippen LogP contribution in [-0.2, 0) is 4.79 Å². The highest BCUT2D eigenvalue weighted by Gasteiger charge is 2.35. The molecule has 4 rings (SSSR count). The molecule has 0 atom stereocenters. The van der Waals surface area contributed by atoms with Crippen molar-refractivity contribution in [3.63, 3.8) is 0 Å². The summed E-state index contributed by atoms with van der Waals surface area (Å²) in [5.74, 6) is -0.281. The fourth-order valence-corrected chi connectivity index (χ4v) is 5.27. The van der Waals surface area contributed by atoms with Crippen LogP contribution in [0.2, 0.25) is 0 Å². The molecule has 0 spiro atoms. The smallest absolute Gasteiger partial charge is 0.231 e. The van der Waals surface area contributed by atoms with Crippen LogP contribution in [0.4, 0.5) is 4.39 Å². The van der Waals surface area contributed by atoms with Crippen molar-refractivity contribution in [3.8, 4) is 17.2 Å². The number of nitriles is 1. The predicted octanol–water partition coefficient (Wildman–Crippen LogP) is 4.54. The first kappa shape index (κ1) is 18.8. The molecule has 2 aromatic heterocycles. The molecule has 3 aromatic rings. The van der Waals surface area contributed by atoms with Crippen molar-refractivity contribution in [1.82, 2.24) is 15.3 Å². The second-order valence-corrected chi connectivity index (χ2v) is 8.58. The third-order valence-corrected chi connectivity index (χ3v) is 6.76. The largest absolute Gasteiger partial charge is 0.337 e. The molecular weight excluding hydrogens is 395 g/mol. The van der Waals surface area contributed by atoms with Gasteiger partial charge >= 0.3 is 0 Å². The van der Waals surface area contributed by atoms with E-state index in [4.69, 9.17) is 0 Å². The molecule has 1 aliphatic rings. The molecule has 0 unspecified atom stereocenters. The zero-order valence-corrected chi connectivity index (χ0v) is 16.6. The van der Waals surface area contributed by atoms with E-state index in [2.05, 4.69) is 21.4 Å². The monoisotopic (exact) mass is 412 g/mol. The molecule has 8 heteroatoms. The van der Waals surface area contributed by atoms with E-state index in [1.54, 1.807) is 12.1 Å². The van der Waals surface area contributed by atoms with Crippen molar-refractivity contribution in [2.75, 3.05) is 5.75 Å². The Bertz CT molecular complexity index is 1050. The number of thioether (sulfide) groups is 1. The number of amides is 1. The van der Waals surface area contributed by atoms with E-state index in [0.29, 0.717) is 17.9 Å². The van der Waals surface area contributed by atoms with Gasteiger partial charge in [0, 0.05) is 10.9 Å². The summed E-state index contributed by atoms with van der Waals surface area (Å²) in [4.78, 5) is 21.9. The van der Waals surface area contributed by atoms with Crippen molar-refractivity contribution in [3.05, 3.63) is 41.8 Å². The molecule has 1 saturated carbocycles. The topological polar surface area (TPSA) is 78.7 Å². The summed E-state index contributed by atoms with van der Waals surface area (Å²) < 4.78 is 13.3. The Morgan fingerprint density at radius 2 is 2.04 bits per heavy atom. The minimum atomic E-state index is -0.722. The maximum atomic E-state index is 13.3. The molecule has 0 aliphatic heterocycles. The molecule has 1 N–H and O–H groups in total. The Kier molecular flexibility index (Phi) is 5.29. The molecule has 0 bridgehead atoms. The second-order valence-electron chi connectivity index (χ2n) is 6.75. The number of nitrogens with zero attached hydrogens (tertiary/aromatic N) is 3. The number of aromatic nitrogens is 2. The minimum Gasteiger partial charge on any atom is -0.337 e. The lowest BCUT2D eigenvalue weighted by Crippen LogP contribution is -2.45. The van der Waals surface area contributed by atoms with Crippen LogP contribution >= 0.6 is 23.1 Å². The molecule has 1 aliphatic carbocycles. The Morgan fingerprint density at radius 3 is 2.75 bits per heavy atom. The predicted molar refractivity (Wildman–Crippen MR) is 108 cm³/mol. The number of hydrogen-bond acceptors (Lipinski definition) is 6. The van der Waals surface area contributed by atoms with Crippen LogP contribution < -0.4 is 5.32 Å². The number of benzene rings is 1. The Morgan fingerprint density at radius 1 is 1.29 bits per heavy atom. The number of fused-ring (bicyclic) bond motifs is 1. The SMILES string of the molecule is N#CC1(NC(=O)CSc2ncnc3scc(-c4ccc(F)cc4)c23)CCCC1. The maximum Gasteiger partial charge on any atom is 0.231 e. The fraction of sp³-hybridized carbons (Fsp3) is 0.300. The van der Waals surface area contributed by atoms with Gasteiger partial charge < -0.3 is 5.32 Å². The van der Waals surface area contributed by atoms with Crippen LogP contribution in [0.1, 0.15) is 25.7 Å². The molecule has 1 aromatic carbocycles. The van der Waals surface area contributed by atoms with Gasteiger partial charge in [0.2, 0.25) is 5.91 Å². The summed E-state index contributed by atoms with van der Waals surface area (Å²) in [6, 6.07) is 8.56. The van der Waals surface area contributed by atoms with Gasteiger partial charge in [0.15, 0.2) is 0 Å². The van der Waals surface area contributed by atoms with Gasteiger partial charge in [-0.25, -0.2) is 14.4 Å². The number of carbonyl (C=O) groups excluding carboxylic acids is 1. The summed E-state index contributed by atoms with van der Waals surface area (Å²) in [6.45, 7) is 0. The highest BCUT2D eigenvalue weighted by molar-refractivity contribution is 8.00. The van der Waals surface area contributed by atoms with Gasteiger partial charge in [-0.05, 0) is 43.4 Å². The zero-order valence-electron chi connectivity index (χ0n) is 14.9. The Balaban J connectivity index is 1.56. The van der Waals surface area contributed by atoms with Crippen molar-refractivity contribution in [2.24, 2.45) is 0 Å². The van der Waals surface area contributed by atoms with Gasteiger partial charge in [-0.1, -0.05) is 23.9 Å². The number of thiophene rings is 1. The summed E-state index contributed by atoms with van der Waals surface area (Å²) in [5, 5.41) is 15.9. The first-order chi connectivity index (χ1) is 13.6. The van der Waals surface area contributed by atoms with E-state index >= 15 is 0 Å². The van der Waals surface area contributed by atoms with Crippen LogP contribution in [0, 0.1) is 17.1 Å². The van der Waals surface area contributed by atoms with Crippen LogP contribution in [-0.4, -0.2) is 27.2 Å². The lowest BCUT2D eigenvalue weighted by Gasteiger charge is -2.21. The van der Waals surface area contributed by atoms with E-state index in [9.17, 15) is 14.4 Å². The quantitative estimate of drug-likeness (QED) is 0.492. The van der Waals surface area contributed by atoms with Crippen molar-refractivity contribution in [2.45, 2.75) is 36.2 Å². The normalized spacial score (nSPS) is 15.4. The van der Waals surface area contributed by atoms with E-state index in [0.717, 1.165) is 34.2 Å². The standard InChI is InChI=1S/C20H17FN4OS2/c21-14-5-3-13(4-6-14)15-9-27-18-17(15)19(24-12-23-18)28-10-16(26)25-20(11-22)7-1-2-8-20/h3-6,9,12H,1-2,7-8,10H2,(H,25,26). The van der Waals surface area contributed by atoms with Crippen LogP contribution in [0.25, 0.3) is 21.3 Å². The van der Waals surface area contributed by atoms with Gasteiger partial charge in [0.1, 0.15) is 27.5 Å². The highest BCUT2D eigenvalue weighted by atomic mass is 32.2. The van der Waals surface area contributed by atoms with Crippen molar-refractivity contribution >= 4 is 39.2 Å². The van der Waals surface area contributed by atoms with E-state index in [1.807, 2.05) is 5.38 Å². The Hall–Kier alpha value is -2.50. The molecule has 28 heavy (non-hydrogen) atoms. The molecule has 1 fully saturated rings. The average molecular weight is 413 g/mol. The number of nitrogens with one attached hydrogen (secondary N) is 1. The molecule has 142 valence electrons. The lowest BCUT2D eigenvalue weighted by molar-refractivity contribution is -0.119. The molecule has 5 nitrogen and oxygen atoms in total. The van der Waals surface area contributed by atoms with E-state index in [1.165, 1.54) is 41.6 Å². The van der Waals surface area contributed by atoms with Crippen molar-refractivity contribution < 1.29 is 9.18 Å². The van der Waals surface area contributed by atoms with Gasteiger partial charge in [-0.2, -0.15) is 5.26 Å². The fourth-order valence-electron chi connectivity index (χ4n) is 3.48. The number of halogens is 1. The molecule has 2 heterocycles. The van der Waals surface area contributed by atoms with Gasteiger partial charge in [-0.3, -0.25) is 4.79 Å². The second kappa shape index (κ2) is 7.86. The molecule has 0 saturated heterocycles. The number of rotatable bonds is 5. The zero-order chi connectivity index (χ0) is 19.6. The maximum absolute atomic E-state index is 13.3. The minimum absolute atomic E-state index is 0.168. The van der Waals surface area contributed by atoms with Gasteiger partial charge in [0.05, 0.1) is 17.2 Å². The Labute approximate surface area is 170 Å². The summed E-state index contributed by atoms with van der Waals surface area (Å²) >= 11 is 2.82. The van der Waals surface area contributed by atoms with Gasteiger partial charge in [-0.15, -0.1) is 11.3 Å². The summed E-state index contributed by atoms with van der Waals surface area (Å²) in [5.41, 5.74) is 1.08. The van der Waals surface area contributed by atoms with E-state index in [-0.39, 0.29) is 17.5 Å². The molecular formula is C20H17FN4OS2. The third-order valence-electron chi connectivity index (χ3n) is 4.88. The van der Waals surface area contributed by atoms with Crippen molar-refractivity contribution in [1.29, 1.82) is 5.26 Å². The number of carbonyl (C=O) groups is 1. The lowest BCUT2D eigenvalue weighted by atomic mass is 10.0. The third kappa shape index (κ3) is 3.73. The first-order valence-corrected chi connectivity index (χ1v) is 10.8. The highest BCUT2D eigenvalue weighted by Crippen LogP contribution is 2.38. The number of hydrogen-bond donors (Lipinski definition) is 1. The summed E-state index contributed by atoms with van der Waals surface area (Å²) in [7, 11) is 0.